The van der Waals surface area contributed by atoms with Gasteiger partial charge in [0.2, 0.25) is 17.6 Å². The van der Waals surface area contributed by atoms with Gasteiger partial charge in [0, 0.05) is 12.1 Å². The normalized spacial score (nSPS) is 17.8. The van der Waals surface area contributed by atoms with Gasteiger partial charge in [-0.05, 0) is 44.2 Å². The molecule has 33 heavy (non-hydrogen) atoms. The molecule has 2 aromatic carbocycles. The SMILES string of the molecule is Cc1ccc(-c2noc(CN3CCCC(C(=O)NC(CC(C)C)c4ccccc4)C3)n2)cc1. The molecule has 6 heteroatoms. The molecule has 1 N–H and O–H groups in total. The molecule has 2 atom stereocenters. The Balaban J connectivity index is 1.37. The molecule has 0 bridgehead atoms. The summed E-state index contributed by atoms with van der Waals surface area (Å²) in [7, 11) is 0. The highest BCUT2D eigenvalue weighted by molar-refractivity contribution is 5.79. The van der Waals surface area contributed by atoms with E-state index in [9.17, 15) is 4.79 Å². The zero-order valence-corrected chi connectivity index (χ0v) is 19.8. The molecule has 0 spiro atoms. The maximum absolute atomic E-state index is 13.2. The first-order valence-corrected chi connectivity index (χ1v) is 11.9. The Morgan fingerprint density at radius 1 is 1.15 bits per heavy atom. The van der Waals surface area contributed by atoms with Crippen LogP contribution in [0.15, 0.2) is 59.1 Å². The van der Waals surface area contributed by atoms with Gasteiger partial charge in [-0.25, -0.2) is 0 Å². The molecule has 4 rings (SSSR count). The van der Waals surface area contributed by atoms with Crippen molar-refractivity contribution in [2.75, 3.05) is 13.1 Å². The Bertz CT molecular complexity index is 1030. The third-order valence-electron chi connectivity index (χ3n) is 6.24. The zero-order valence-electron chi connectivity index (χ0n) is 19.8. The number of likely N-dealkylation sites (tertiary alicyclic amines) is 1. The number of hydrogen-bond donors (Lipinski definition) is 1. The summed E-state index contributed by atoms with van der Waals surface area (Å²) in [6, 6.07) is 18.4. The summed E-state index contributed by atoms with van der Waals surface area (Å²) in [6.45, 7) is 8.65. The minimum atomic E-state index is -0.0309. The number of piperidine rings is 1. The number of nitrogens with zero attached hydrogens (tertiary/aromatic N) is 3. The number of hydrogen-bond acceptors (Lipinski definition) is 5. The smallest absolute Gasteiger partial charge is 0.241 e. The molecule has 1 aliphatic rings. The molecule has 2 unspecified atom stereocenters. The van der Waals surface area contributed by atoms with Crippen molar-refractivity contribution in [1.82, 2.24) is 20.4 Å². The highest BCUT2D eigenvalue weighted by atomic mass is 16.5. The number of carbonyl (C=O) groups is 1. The largest absolute Gasteiger partial charge is 0.349 e. The van der Waals surface area contributed by atoms with E-state index in [0.717, 1.165) is 31.4 Å². The van der Waals surface area contributed by atoms with Crippen LogP contribution >= 0.6 is 0 Å². The van der Waals surface area contributed by atoms with Crippen LogP contribution in [0.3, 0.4) is 0 Å². The van der Waals surface area contributed by atoms with Crippen molar-refractivity contribution in [3.63, 3.8) is 0 Å². The Morgan fingerprint density at radius 2 is 1.91 bits per heavy atom. The van der Waals surface area contributed by atoms with E-state index in [1.54, 1.807) is 0 Å². The predicted molar refractivity (Wildman–Crippen MR) is 129 cm³/mol. The Labute approximate surface area is 196 Å². The van der Waals surface area contributed by atoms with Crippen molar-refractivity contribution < 1.29 is 9.32 Å². The van der Waals surface area contributed by atoms with Crippen molar-refractivity contribution in [1.29, 1.82) is 0 Å². The fourth-order valence-corrected chi connectivity index (χ4v) is 4.47. The van der Waals surface area contributed by atoms with Gasteiger partial charge in [-0.1, -0.05) is 79.2 Å². The van der Waals surface area contributed by atoms with Gasteiger partial charge in [0.15, 0.2) is 0 Å². The lowest BCUT2D eigenvalue weighted by Crippen LogP contribution is -2.43. The van der Waals surface area contributed by atoms with Gasteiger partial charge in [-0.15, -0.1) is 0 Å². The number of aromatic nitrogens is 2. The lowest BCUT2D eigenvalue weighted by Gasteiger charge is -2.32. The molecule has 1 aliphatic heterocycles. The van der Waals surface area contributed by atoms with Crippen LogP contribution in [0, 0.1) is 18.8 Å². The highest BCUT2D eigenvalue weighted by Gasteiger charge is 2.28. The second kappa shape index (κ2) is 10.8. The van der Waals surface area contributed by atoms with Gasteiger partial charge < -0.3 is 9.84 Å². The Hall–Kier alpha value is -2.99. The van der Waals surface area contributed by atoms with Crippen molar-refractivity contribution in [2.45, 2.75) is 52.6 Å². The quantitative estimate of drug-likeness (QED) is 0.517. The Morgan fingerprint density at radius 3 is 2.64 bits per heavy atom. The second-order valence-electron chi connectivity index (χ2n) is 9.55. The van der Waals surface area contributed by atoms with Gasteiger partial charge >= 0.3 is 0 Å². The molecular formula is C27H34N4O2. The minimum absolute atomic E-state index is 0.0309. The first kappa shape index (κ1) is 23.2. The summed E-state index contributed by atoms with van der Waals surface area (Å²) in [6.07, 6.45) is 2.82. The van der Waals surface area contributed by atoms with E-state index >= 15 is 0 Å². The van der Waals surface area contributed by atoms with Gasteiger partial charge in [0.05, 0.1) is 18.5 Å². The minimum Gasteiger partial charge on any atom is -0.349 e. The lowest BCUT2D eigenvalue weighted by molar-refractivity contribution is -0.127. The summed E-state index contributed by atoms with van der Waals surface area (Å²) in [4.78, 5) is 20.0. The number of rotatable bonds is 8. The molecule has 1 fully saturated rings. The van der Waals surface area contributed by atoms with Crippen LogP contribution in [0.5, 0.6) is 0 Å². The molecule has 1 amide bonds. The fourth-order valence-electron chi connectivity index (χ4n) is 4.47. The maximum Gasteiger partial charge on any atom is 0.241 e. The number of benzene rings is 2. The van der Waals surface area contributed by atoms with Crippen molar-refractivity contribution >= 4 is 5.91 Å². The van der Waals surface area contributed by atoms with Crippen LogP contribution < -0.4 is 5.32 Å². The van der Waals surface area contributed by atoms with Gasteiger partial charge in [-0.3, -0.25) is 9.69 Å². The molecule has 1 aromatic heterocycles. The molecule has 3 aromatic rings. The topological polar surface area (TPSA) is 71.3 Å². The third-order valence-corrected chi connectivity index (χ3v) is 6.24. The van der Waals surface area contributed by atoms with Crippen LogP contribution in [-0.2, 0) is 11.3 Å². The predicted octanol–water partition coefficient (Wildman–Crippen LogP) is 5.16. The number of amides is 1. The van der Waals surface area contributed by atoms with E-state index in [-0.39, 0.29) is 17.9 Å². The Kier molecular flexibility index (Phi) is 7.55. The average molecular weight is 447 g/mol. The van der Waals surface area contributed by atoms with E-state index in [1.165, 1.54) is 11.1 Å². The molecule has 0 aliphatic carbocycles. The van der Waals surface area contributed by atoms with E-state index in [0.29, 0.717) is 30.7 Å². The van der Waals surface area contributed by atoms with Crippen LogP contribution in [-0.4, -0.2) is 34.0 Å². The van der Waals surface area contributed by atoms with Gasteiger partial charge in [-0.2, -0.15) is 4.98 Å². The summed E-state index contributed by atoms with van der Waals surface area (Å²) in [5, 5.41) is 7.48. The van der Waals surface area contributed by atoms with E-state index in [2.05, 4.69) is 53.3 Å². The molecule has 0 saturated carbocycles. The van der Waals surface area contributed by atoms with Gasteiger partial charge in [0.25, 0.3) is 0 Å². The second-order valence-corrected chi connectivity index (χ2v) is 9.55. The molecule has 1 saturated heterocycles. The van der Waals surface area contributed by atoms with Crippen molar-refractivity contribution in [2.24, 2.45) is 11.8 Å². The maximum atomic E-state index is 13.2. The number of aryl methyl sites for hydroxylation is 1. The molecule has 174 valence electrons. The molecule has 0 radical (unpaired) electrons. The molecular weight excluding hydrogens is 412 g/mol. The van der Waals surface area contributed by atoms with Crippen molar-refractivity contribution in [3.8, 4) is 11.4 Å². The fraction of sp³-hybridized carbons (Fsp3) is 0.444. The summed E-state index contributed by atoms with van der Waals surface area (Å²) in [5.41, 5.74) is 3.31. The van der Waals surface area contributed by atoms with Crippen molar-refractivity contribution in [3.05, 3.63) is 71.6 Å². The first-order chi connectivity index (χ1) is 16.0. The molecule has 2 heterocycles. The highest BCUT2D eigenvalue weighted by Crippen LogP contribution is 2.25. The van der Waals surface area contributed by atoms with E-state index in [1.807, 2.05) is 42.5 Å². The molecule has 6 nitrogen and oxygen atoms in total. The van der Waals surface area contributed by atoms with Crippen LogP contribution in [0.1, 0.15) is 56.2 Å². The van der Waals surface area contributed by atoms with Crippen LogP contribution in [0.2, 0.25) is 0 Å². The average Bonchev–Trinajstić information content (AvgIpc) is 3.28. The summed E-state index contributed by atoms with van der Waals surface area (Å²) >= 11 is 0. The standard InChI is InChI=1S/C27H34N4O2/c1-19(2)16-24(21-8-5-4-6-9-21)28-27(32)23-10-7-15-31(17-23)18-25-29-26(30-33-25)22-13-11-20(3)12-14-22/h4-6,8-9,11-14,19,23-24H,7,10,15-18H2,1-3H3,(H,28,32). The number of carbonyl (C=O) groups excluding carboxylic acids is 1. The summed E-state index contributed by atoms with van der Waals surface area (Å²) < 4.78 is 5.51. The van der Waals surface area contributed by atoms with Crippen LogP contribution in [0.4, 0.5) is 0 Å². The van der Waals surface area contributed by atoms with E-state index in [4.69, 9.17) is 4.52 Å². The zero-order chi connectivity index (χ0) is 23.2. The van der Waals surface area contributed by atoms with E-state index < -0.39 is 0 Å². The van der Waals surface area contributed by atoms with Gasteiger partial charge in [0.1, 0.15) is 0 Å². The van der Waals surface area contributed by atoms with Crippen LogP contribution in [0.25, 0.3) is 11.4 Å². The first-order valence-electron chi connectivity index (χ1n) is 11.9. The monoisotopic (exact) mass is 446 g/mol. The lowest BCUT2D eigenvalue weighted by atomic mass is 9.93. The summed E-state index contributed by atoms with van der Waals surface area (Å²) in [5.74, 6) is 1.81. The third kappa shape index (κ3) is 6.29. The number of nitrogens with one attached hydrogen (secondary N) is 1.